The van der Waals surface area contributed by atoms with Crippen molar-refractivity contribution < 1.29 is 17.9 Å². The van der Waals surface area contributed by atoms with Gasteiger partial charge < -0.3 is 4.74 Å². The highest BCUT2D eigenvalue weighted by Crippen LogP contribution is 2.26. The Labute approximate surface area is 233 Å². The van der Waals surface area contributed by atoms with Crippen molar-refractivity contribution in [3.05, 3.63) is 94.6 Å². The van der Waals surface area contributed by atoms with E-state index in [1.165, 1.54) is 18.3 Å². The van der Waals surface area contributed by atoms with E-state index in [-0.39, 0.29) is 16.0 Å². The maximum atomic E-state index is 13.6. The minimum atomic E-state index is -4.03. The Morgan fingerprint density at radius 3 is 2.41 bits per heavy atom. The number of carbonyl (C=O) groups excluding carboxylic acids is 1. The molecule has 0 saturated heterocycles. The summed E-state index contributed by atoms with van der Waals surface area (Å²) in [7, 11) is -2.46. The van der Waals surface area contributed by atoms with E-state index in [1.807, 2.05) is 25.1 Å². The van der Waals surface area contributed by atoms with Crippen LogP contribution in [-0.4, -0.2) is 39.2 Å². The Hall–Kier alpha value is -3.95. The average molecular weight is 565 g/mol. The first-order valence-corrected chi connectivity index (χ1v) is 14.1. The quantitative estimate of drug-likeness (QED) is 0.160. The number of halogens is 1. The second kappa shape index (κ2) is 11.8. The van der Waals surface area contributed by atoms with Crippen molar-refractivity contribution in [3.63, 3.8) is 0 Å². The van der Waals surface area contributed by atoms with Gasteiger partial charge in [-0.3, -0.25) is 9.10 Å². The van der Waals surface area contributed by atoms with E-state index >= 15 is 0 Å². The molecule has 3 aromatic carbocycles. The Morgan fingerprint density at radius 1 is 1.08 bits per heavy atom. The Balaban J connectivity index is 1.57. The summed E-state index contributed by atoms with van der Waals surface area (Å²) < 4.78 is 33.5. The van der Waals surface area contributed by atoms with Crippen molar-refractivity contribution in [2.24, 2.45) is 5.10 Å². The number of methoxy groups -OCH3 is 1. The number of sulfonamides is 1. The van der Waals surface area contributed by atoms with Crippen molar-refractivity contribution in [3.8, 4) is 5.75 Å². The summed E-state index contributed by atoms with van der Waals surface area (Å²) in [4.78, 5) is 17.3. The van der Waals surface area contributed by atoms with Crippen LogP contribution in [0.2, 0.25) is 5.15 Å². The zero-order valence-corrected chi connectivity index (χ0v) is 23.6. The smallest absolute Gasteiger partial charge is 0.264 e. The monoisotopic (exact) mass is 564 g/mol. The van der Waals surface area contributed by atoms with Gasteiger partial charge in [0.1, 0.15) is 17.4 Å². The van der Waals surface area contributed by atoms with E-state index in [1.54, 1.807) is 49.6 Å². The van der Waals surface area contributed by atoms with Gasteiger partial charge in [0, 0.05) is 17.0 Å². The molecule has 1 amide bonds. The first kappa shape index (κ1) is 28.1. The number of hydrazone groups is 1. The zero-order valence-electron chi connectivity index (χ0n) is 22.1. The van der Waals surface area contributed by atoms with Gasteiger partial charge >= 0.3 is 0 Å². The van der Waals surface area contributed by atoms with Gasteiger partial charge in [-0.15, -0.1) is 0 Å². The van der Waals surface area contributed by atoms with E-state index < -0.39 is 22.5 Å². The number of carbonyl (C=O) groups is 1. The van der Waals surface area contributed by atoms with Crippen molar-refractivity contribution in [1.29, 1.82) is 0 Å². The lowest BCUT2D eigenvalue weighted by Gasteiger charge is -2.24. The van der Waals surface area contributed by atoms with Gasteiger partial charge in [-0.2, -0.15) is 5.10 Å². The third-order valence-electron chi connectivity index (χ3n) is 6.14. The summed E-state index contributed by atoms with van der Waals surface area (Å²) in [6, 6.07) is 20.8. The molecule has 4 aromatic rings. The van der Waals surface area contributed by atoms with Crippen LogP contribution in [0.1, 0.15) is 36.5 Å². The molecule has 0 atom stereocenters. The maximum Gasteiger partial charge on any atom is 0.264 e. The van der Waals surface area contributed by atoms with E-state index in [0.717, 1.165) is 20.8 Å². The van der Waals surface area contributed by atoms with Crippen LogP contribution in [-0.2, 0) is 14.8 Å². The molecule has 1 heterocycles. The van der Waals surface area contributed by atoms with Gasteiger partial charge in [-0.05, 0) is 60.9 Å². The second-order valence-electron chi connectivity index (χ2n) is 9.29. The number of fused-ring (bicyclic) bond motifs is 1. The first-order valence-electron chi connectivity index (χ1n) is 12.2. The third kappa shape index (κ3) is 6.55. The molecular weight excluding hydrogens is 536 g/mol. The molecule has 8 nitrogen and oxygen atoms in total. The van der Waals surface area contributed by atoms with Crippen molar-refractivity contribution in [2.75, 3.05) is 18.0 Å². The molecular formula is C29H29ClN4O4S. The van der Waals surface area contributed by atoms with Gasteiger partial charge in [0.05, 0.1) is 29.4 Å². The van der Waals surface area contributed by atoms with Crippen LogP contribution in [0.4, 0.5) is 5.69 Å². The molecule has 0 aliphatic rings. The maximum absolute atomic E-state index is 13.6. The fraction of sp³-hybridized carbons (Fsp3) is 0.207. The molecule has 0 saturated carbocycles. The Bertz CT molecular complexity index is 1620. The number of pyridine rings is 1. The molecule has 1 aromatic heterocycles. The molecule has 0 spiro atoms. The fourth-order valence-electron chi connectivity index (χ4n) is 3.87. The number of nitrogens with zero attached hydrogens (tertiary/aromatic N) is 3. The lowest BCUT2D eigenvalue weighted by molar-refractivity contribution is -0.119. The number of hydrogen-bond acceptors (Lipinski definition) is 6. The third-order valence-corrected chi connectivity index (χ3v) is 8.23. The summed E-state index contributed by atoms with van der Waals surface area (Å²) in [6.45, 7) is 5.50. The SMILES string of the molecule is COc1ccc2cc(/C=N\NC(=O)CN(c3ccc(C(C)C)cc3)S(=O)(=O)c3ccc(C)cc3)c(Cl)nc2c1. The largest absolute Gasteiger partial charge is 0.497 e. The molecule has 4 rings (SSSR count). The van der Waals surface area contributed by atoms with Crippen LogP contribution in [0.3, 0.4) is 0 Å². The Morgan fingerprint density at radius 2 is 1.77 bits per heavy atom. The average Bonchev–Trinajstić information content (AvgIpc) is 2.92. The summed E-state index contributed by atoms with van der Waals surface area (Å²) >= 11 is 6.31. The molecule has 0 unspecified atom stereocenters. The highest BCUT2D eigenvalue weighted by atomic mass is 35.5. The van der Waals surface area contributed by atoms with E-state index in [9.17, 15) is 13.2 Å². The molecule has 0 bridgehead atoms. The predicted molar refractivity (Wildman–Crippen MR) is 155 cm³/mol. The van der Waals surface area contributed by atoms with Crippen LogP contribution < -0.4 is 14.5 Å². The lowest BCUT2D eigenvalue weighted by atomic mass is 10.0. The fourth-order valence-corrected chi connectivity index (χ4v) is 5.49. The van der Waals surface area contributed by atoms with Gasteiger partial charge in [-0.25, -0.2) is 18.8 Å². The molecule has 1 N–H and O–H groups in total. The normalized spacial score (nSPS) is 11.7. The molecule has 0 radical (unpaired) electrons. The molecule has 0 fully saturated rings. The molecule has 39 heavy (non-hydrogen) atoms. The molecule has 0 aliphatic heterocycles. The second-order valence-corrected chi connectivity index (χ2v) is 11.5. The van der Waals surface area contributed by atoms with Crippen LogP contribution in [0, 0.1) is 6.92 Å². The summed E-state index contributed by atoms with van der Waals surface area (Å²) in [5.41, 5.74) is 5.90. The van der Waals surface area contributed by atoms with Gasteiger partial charge in [-0.1, -0.05) is 55.3 Å². The number of hydrogen-bond donors (Lipinski definition) is 1. The van der Waals surface area contributed by atoms with Gasteiger partial charge in [0.25, 0.3) is 15.9 Å². The number of anilines is 1. The standard InChI is InChI=1S/C29H29ClN4O4S/c1-19(2)21-7-10-24(11-8-21)34(39(36,37)26-13-5-20(3)6-14-26)18-28(35)33-31-17-23-15-22-9-12-25(38-4)16-27(22)32-29(23)30/h5-17,19H,18H2,1-4H3,(H,33,35)/b31-17-. The number of rotatable bonds is 9. The highest BCUT2D eigenvalue weighted by Gasteiger charge is 2.27. The van der Waals surface area contributed by atoms with Crippen molar-refractivity contribution >= 4 is 50.3 Å². The summed E-state index contributed by atoms with van der Waals surface area (Å²) in [5, 5.41) is 5.01. The first-order chi connectivity index (χ1) is 18.6. The van der Waals surface area contributed by atoms with Crippen molar-refractivity contribution in [1.82, 2.24) is 10.4 Å². The number of aryl methyl sites for hydroxylation is 1. The van der Waals surface area contributed by atoms with Crippen LogP contribution in [0.25, 0.3) is 10.9 Å². The highest BCUT2D eigenvalue weighted by molar-refractivity contribution is 7.92. The van der Waals surface area contributed by atoms with Gasteiger partial charge in [0.15, 0.2) is 0 Å². The van der Waals surface area contributed by atoms with Crippen molar-refractivity contribution in [2.45, 2.75) is 31.6 Å². The number of amides is 1. The van der Waals surface area contributed by atoms with E-state index in [4.69, 9.17) is 16.3 Å². The zero-order chi connectivity index (χ0) is 28.2. The van der Waals surface area contributed by atoms with Crippen LogP contribution in [0.5, 0.6) is 5.75 Å². The molecule has 10 heteroatoms. The van der Waals surface area contributed by atoms with Crippen LogP contribution in [0.15, 0.2) is 82.8 Å². The molecule has 202 valence electrons. The predicted octanol–water partition coefficient (Wildman–Crippen LogP) is 5.67. The number of benzene rings is 3. The van der Waals surface area contributed by atoms with E-state index in [0.29, 0.717) is 22.5 Å². The topological polar surface area (TPSA) is 101 Å². The minimum Gasteiger partial charge on any atom is -0.497 e. The van der Waals surface area contributed by atoms with E-state index in [2.05, 4.69) is 29.4 Å². The van der Waals surface area contributed by atoms with Crippen LogP contribution >= 0.6 is 11.6 Å². The Kier molecular flexibility index (Phi) is 8.52. The molecule has 0 aliphatic carbocycles. The van der Waals surface area contributed by atoms with Gasteiger partial charge in [0.2, 0.25) is 0 Å². The summed E-state index contributed by atoms with van der Waals surface area (Å²) in [5.74, 6) is 0.311. The number of ether oxygens (including phenoxy) is 1. The lowest BCUT2D eigenvalue weighted by Crippen LogP contribution is -2.39. The number of nitrogens with one attached hydrogen (secondary N) is 1. The minimum absolute atomic E-state index is 0.0861. The summed E-state index contributed by atoms with van der Waals surface area (Å²) in [6.07, 6.45) is 1.37. The number of aromatic nitrogens is 1.